The van der Waals surface area contributed by atoms with Gasteiger partial charge in [-0.15, -0.1) is 0 Å². The van der Waals surface area contributed by atoms with Gasteiger partial charge in [-0.05, 0) is 31.9 Å². The van der Waals surface area contributed by atoms with Crippen LogP contribution in [0.2, 0.25) is 0 Å². The Morgan fingerprint density at radius 3 is 2.80 bits per heavy atom. The van der Waals surface area contributed by atoms with Crippen LogP contribution >= 0.6 is 11.8 Å². The average Bonchev–Trinajstić information content (AvgIpc) is 2.94. The number of aromatic nitrogens is 2. The average molecular weight is 316 g/mol. The molecule has 3 rings (SSSR count). The van der Waals surface area contributed by atoms with Crippen LogP contribution in [-0.4, -0.2) is 42.2 Å². The van der Waals surface area contributed by atoms with E-state index in [2.05, 4.69) is 20.2 Å². The maximum Gasteiger partial charge on any atom is 0.244 e. The van der Waals surface area contributed by atoms with Crippen molar-refractivity contribution < 1.29 is 8.42 Å². The summed E-state index contributed by atoms with van der Waals surface area (Å²) in [5, 5.41) is 10.3. The molecule has 1 aliphatic heterocycles. The van der Waals surface area contributed by atoms with Crippen molar-refractivity contribution in [2.24, 2.45) is 0 Å². The molecule has 1 saturated heterocycles. The maximum absolute atomic E-state index is 12.5. The van der Waals surface area contributed by atoms with Crippen LogP contribution in [0.25, 0.3) is 0 Å². The van der Waals surface area contributed by atoms with Gasteiger partial charge in [0.1, 0.15) is 4.90 Å². The Kier molecular flexibility index (Phi) is 4.07. The van der Waals surface area contributed by atoms with Crippen molar-refractivity contribution in [3.05, 3.63) is 11.4 Å². The smallest absolute Gasteiger partial charge is 0.244 e. The second-order valence-electron chi connectivity index (χ2n) is 5.46. The van der Waals surface area contributed by atoms with Crippen LogP contribution in [-0.2, 0) is 16.6 Å². The third kappa shape index (κ3) is 3.19. The predicted molar refractivity (Wildman–Crippen MR) is 79.2 cm³/mol. The van der Waals surface area contributed by atoms with Gasteiger partial charge in [0.15, 0.2) is 0 Å². The first-order chi connectivity index (χ1) is 9.56. The van der Waals surface area contributed by atoms with Crippen LogP contribution in [0.4, 0.5) is 0 Å². The summed E-state index contributed by atoms with van der Waals surface area (Å²) in [7, 11) is -3.49. The monoisotopic (exact) mass is 316 g/mol. The van der Waals surface area contributed by atoms with E-state index < -0.39 is 10.0 Å². The van der Waals surface area contributed by atoms with Gasteiger partial charge in [0.25, 0.3) is 0 Å². The van der Waals surface area contributed by atoms with E-state index >= 15 is 0 Å². The lowest BCUT2D eigenvalue weighted by molar-refractivity contribution is 0.559. The first kappa shape index (κ1) is 14.4. The Bertz CT molecular complexity index is 574. The highest BCUT2D eigenvalue weighted by Gasteiger charge is 2.29. The summed E-state index contributed by atoms with van der Waals surface area (Å²) in [6.45, 7) is 2.26. The standard InChI is InChI=1S/C12H20N4O2S2/c1-8-12(11(15-14-8)6-13-9-2-3-9)20(17,18)16-10-4-5-19-7-10/h9-10,13,16H,2-7H2,1H3,(H,14,15). The fraction of sp³-hybridized carbons (Fsp3) is 0.750. The number of nitrogens with one attached hydrogen (secondary N) is 3. The van der Waals surface area contributed by atoms with Crippen molar-refractivity contribution in [3.63, 3.8) is 0 Å². The molecule has 1 aromatic rings. The Morgan fingerprint density at radius 1 is 1.35 bits per heavy atom. The number of hydrogen-bond donors (Lipinski definition) is 3. The summed E-state index contributed by atoms with van der Waals surface area (Å²) < 4.78 is 27.9. The van der Waals surface area contributed by atoms with Gasteiger partial charge in [-0.3, -0.25) is 5.10 Å². The molecular formula is C12H20N4O2S2. The molecule has 1 aromatic heterocycles. The van der Waals surface area contributed by atoms with E-state index in [0.717, 1.165) is 17.9 Å². The number of nitrogens with zero attached hydrogens (tertiary/aromatic N) is 1. The van der Waals surface area contributed by atoms with E-state index in [1.54, 1.807) is 18.7 Å². The molecule has 2 heterocycles. The molecule has 0 amide bonds. The molecule has 1 atom stereocenters. The number of aromatic amines is 1. The minimum atomic E-state index is -3.49. The molecule has 112 valence electrons. The van der Waals surface area contributed by atoms with Crippen molar-refractivity contribution in [3.8, 4) is 0 Å². The zero-order valence-corrected chi connectivity index (χ0v) is 13.1. The van der Waals surface area contributed by atoms with Gasteiger partial charge in [-0.2, -0.15) is 16.9 Å². The summed E-state index contributed by atoms with van der Waals surface area (Å²) in [6, 6.07) is 0.574. The van der Waals surface area contributed by atoms with Crippen molar-refractivity contribution >= 4 is 21.8 Å². The van der Waals surface area contributed by atoms with Crippen LogP contribution in [0, 0.1) is 6.92 Å². The molecule has 2 aliphatic rings. The number of thioether (sulfide) groups is 1. The van der Waals surface area contributed by atoms with Crippen LogP contribution in [0.3, 0.4) is 0 Å². The lowest BCUT2D eigenvalue weighted by Gasteiger charge is -2.12. The van der Waals surface area contributed by atoms with Crippen LogP contribution < -0.4 is 10.0 Å². The molecule has 0 spiro atoms. The third-order valence-corrected chi connectivity index (χ3v) is 6.50. The molecule has 3 N–H and O–H groups in total. The minimum absolute atomic E-state index is 0.0449. The highest BCUT2D eigenvalue weighted by Crippen LogP contribution is 2.24. The second kappa shape index (κ2) is 5.67. The van der Waals surface area contributed by atoms with E-state index in [0.29, 0.717) is 28.9 Å². The van der Waals surface area contributed by atoms with E-state index in [1.165, 1.54) is 12.8 Å². The first-order valence-corrected chi connectivity index (χ1v) is 9.57. The van der Waals surface area contributed by atoms with Crippen molar-refractivity contribution in [1.29, 1.82) is 0 Å². The highest BCUT2D eigenvalue weighted by molar-refractivity contribution is 7.99. The van der Waals surface area contributed by atoms with Gasteiger partial charge in [0.2, 0.25) is 10.0 Å². The fourth-order valence-corrected chi connectivity index (χ4v) is 5.27. The third-order valence-electron chi connectivity index (χ3n) is 3.62. The summed E-state index contributed by atoms with van der Waals surface area (Å²) in [6.07, 6.45) is 3.24. The molecule has 6 nitrogen and oxygen atoms in total. The van der Waals surface area contributed by atoms with E-state index in [-0.39, 0.29) is 6.04 Å². The van der Waals surface area contributed by atoms with Crippen molar-refractivity contribution in [1.82, 2.24) is 20.2 Å². The van der Waals surface area contributed by atoms with Gasteiger partial charge in [0, 0.05) is 24.4 Å². The van der Waals surface area contributed by atoms with Crippen LogP contribution in [0.1, 0.15) is 30.7 Å². The number of sulfonamides is 1. The summed E-state index contributed by atoms with van der Waals surface area (Å²) in [5.41, 5.74) is 1.20. The fourth-order valence-electron chi connectivity index (χ4n) is 2.38. The molecule has 1 aliphatic carbocycles. The van der Waals surface area contributed by atoms with Gasteiger partial charge in [-0.25, -0.2) is 13.1 Å². The number of hydrogen-bond acceptors (Lipinski definition) is 5. The van der Waals surface area contributed by atoms with Gasteiger partial charge < -0.3 is 5.32 Å². The molecule has 8 heteroatoms. The van der Waals surface area contributed by atoms with E-state index in [4.69, 9.17) is 0 Å². The molecule has 1 unspecified atom stereocenters. The van der Waals surface area contributed by atoms with Gasteiger partial charge in [-0.1, -0.05) is 0 Å². The highest BCUT2D eigenvalue weighted by atomic mass is 32.2. The summed E-state index contributed by atoms with van der Waals surface area (Å²) in [4.78, 5) is 0.322. The minimum Gasteiger partial charge on any atom is -0.308 e. The molecule has 20 heavy (non-hydrogen) atoms. The molecule has 0 radical (unpaired) electrons. The Labute approximate surface area is 123 Å². The SMILES string of the molecule is Cc1[nH]nc(CNC2CC2)c1S(=O)(=O)NC1CCSC1. The number of H-pyrrole nitrogens is 1. The first-order valence-electron chi connectivity index (χ1n) is 6.93. The Morgan fingerprint density at radius 2 is 2.15 bits per heavy atom. The van der Waals surface area contributed by atoms with Crippen molar-refractivity contribution in [2.75, 3.05) is 11.5 Å². The quantitative estimate of drug-likeness (QED) is 0.721. The van der Waals surface area contributed by atoms with Crippen LogP contribution in [0.5, 0.6) is 0 Å². The molecule has 0 aromatic carbocycles. The maximum atomic E-state index is 12.5. The van der Waals surface area contributed by atoms with Gasteiger partial charge >= 0.3 is 0 Å². The lowest BCUT2D eigenvalue weighted by Crippen LogP contribution is -2.35. The van der Waals surface area contributed by atoms with E-state index in [9.17, 15) is 8.42 Å². The van der Waals surface area contributed by atoms with Crippen molar-refractivity contribution in [2.45, 2.75) is 49.7 Å². The Balaban J connectivity index is 1.77. The zero-order valence-electron chi connectivity index (χ0n) is 11.5. The number of aryl methyl sites for hydroxylation is 1. The molecule has 2 fully saturated rings. The lowest BCUT2D eigenvalue weighted by atomic mass is 10.3. The van der Waals surface area contributed by atoms with E-state index in [1.807, 2.05) is 0 Å². The molecular weight excluding hydrogens is 296 g/mol. The summed E-state index contributed by atoms with van der Waals surface area (Å²) >= 11 is 1.79. The topological polar surface area (TPSA) is 86.9 Å². The molecule has 0 bridgehead atoms. The largest absolute Gasteiger partial charge is 0.308 e. The predicted octanol–water partition coefficient (Wildman–Crippen LogP) is 0.754. The summed E-state index contributed by atoms with van der Waals surface area (Å²) in [5.74, 6) is 1.87. The van der Waals surface area contributed by atoms with Gasteiger partial charge in [0.05, 0.1) is 11.4 Å². The Hall–Kier alpha value is -0.570. The normalized spacial score (nSPS) is 23.4. The molecule has 1 saturated carbocycles. The zero-order chi connectivity index (χ0) is 14.2. The second-order valence-corrected chi connectivity index (χ2v) is 8.26. The van der Waals surface area contributed by atoms with Crippen LogP contribution in [0.15, 0.2) is 4.90 Å². The number of rotatable bonds is 6.